The predicted molar refractivity (Wildman–Crippen MR) is 92.2 cm³/mol. The monoisotopic (exact) mass is 382 g/mol. The zero-order valence-electron chi connectivity index (χ0n) is 13.6. The standard InChI is InChI=1S/C16H20BBrO5/c1-15(2)16(3,4)23-17(22-15)12(9-19)6-10-5-11(14(20)21)8-13(18)7-10/h5-8,19H,9H2,1-4H3,(H,20,21). The molecule has 0 unspecified atom stereocenters. The van der Waals surface area contributed by atoms with Gasteiger partial charge < -0.3 is 19.5 Å². The summed E-state index contributed by atoms with van der Waals surface area (Å²) in [6.45, 7) is 7.49. The fourth-order valence-corrected chi connectivity index (χ4v) is 2.73. The van der Waals surface area contributed by atoms with Crippen molar-refractivity contribution in [1.82, 2.24) is 0 Å². The van der Waals surface area contributed by atoms with Crippen LogP contribution in [0.5, 0.6) is 0 Å². The molecule has 5 nitrogen and oxygen atoms in total. The zero-order chi connectivity index (χ0) is 17.4. The third-order valence-corrected chi connectivity index (χ3v) is 4.72. The van der Waals surface area contributed by atoms with Gasteiger partial charge in [0.15, 0.2) is 0 Å². The summed E-state index contributed by atoms with van der Waals surface area (Å²) >= 11 is 3.30. The molecule has 1 aromatic rings. The van der Waals surface area contributed by atoms with Crippen molar-refractivity contribution in [3.63, 3.8) is 0 Å². The van der Waals surface area contributed by atoms with E-state index in [0.29, 0.717) is 15.5 Å². The van der Waals surface area contributed by atoms with Crippen LogP contribution < -0.4 is 0 Å². The average Bonchev–Trinajstić information content (AvgIpc) is 2.64. The van der Waals surface area contributed by atoms with Crippen LogP contribution in [0.3, 0.4) is 0 Å². The molecule has 1 aromatic carbocycles. The average molecular weight is 383 g/mol. The Morgan fingerprint density at radius 2 is 1.78 bits per heavy atom. The number of rotatable bonds is 4. The molecule has 0 aromatic heterocycles. The Kier molecular flexibility index (Phi) is 5.06. The van der Waals surface area contributed by atoms with E-state index in [9.17, 15) is 9.90 Å². The molecule has 0 spiro atoms. The second-order valence-electron chi connectivity index (χ2n) is 6.54. The summed E-state index contributed by atoms with van der Waals surface area (Å²) < 4.78 is 12.5. The van der Waals surface area contributed by atoms with E-state index in [-0.39, 0.29) is 12.2 Å². The summed E-state index contributed by atoms with van der Waals surface area (Å²) in [6, 6.07) is 4.83. The van der Waals surface area contributed by atoms with Gasteiger partial charge in [-0.15, -0.1) is 0 Å². The Hall–Kier alpha value is -1.15. The second kappa shape index (κ2) is 6.40. The van der Waals surface area contributed by atoms with Gasteiger partial charge in [-0.1, -0.05) is 22.0 Å². The van der Waals surface area contributed by atoms with Crippen LogP contribution in [0.4, 0.5) is 0 Å². The highest BCUT2D eigenvalue weighted by molar-refractivity contribution is 9.10. The van der Waals surface area contributed by atoms with Crippen LogP contribution in [0.1, 0.15) is 43.6 Å². The maximum atomic E-state index is 11.1. The van der Waals surface area contributed by atoms with Crippen molar-refractivity contribution in [3.05, 3.63) is 39.3 Å². The third-order valence-electron chi connectivity index (χ3n) is 4.26. The summed E-state index contributed by atoms with van der Waals surface area (Å²) in [5.41, 5.74) is 0.343. The molecule has 0 saturated carbocycles. The minimum absolute atomic E-state index is 0.164. The maximum Gasteiger partial charge on any atom is 0.492 e. The van der Waals surface area contributed by atoms with Gasteiger partial charge in [0.2, 0.25) is 0 Å². The largest absolute Gasteiger partial charge is 0.492 e. The molecule has 1 heterocycles. The van der Waals surface area contributed by atoms with Gasteiger partial charge >= 0.3 is 13.1 Å². The Balaban J connectivity index is 2.35. The Morgan fingerprint density at radius 3 is 2.26 bits per heavy atom. The van der Waals surface area contributed by atoms with Crippen LogP contribution in [0.15, 0.2) is 28.1 Å². The SMILES string of the molecule is CC1(C)OB(C(=Cc2cc(Br)cc(C(=O)O)c2)CO)OC1(C)C. The second-order valence-corrected chi connectivity index (χ2v) is 7.46. The van der Waals surface area contributed by atoms with Gasteiger partial charge in [0.05, 0.1) is 23.4 Å². The highest BCUT2D eigenvalue weighted by Gasteiger charge is 2.52. The van der Waals surface area contributed by atoms with Crippen LogP contribution in [0.25, 0.3) is 6.08 Å². The molecular formula is C16H20BBrO5. The molecule has 7 heteroatoms. The van der Waals surface area contributed by atoms with Crippen molar-refractivity contribution < 1.29 is 24.3 Å². The van der Waals surface area contributed by atoms with E-state index in [1.54, 1.807) is 12.1 Å². The molecule has 1 saturated heterocycles. The molecule has 1 aliphatic heterocycles. The van der Waals surface area contributed by atoms with Crippen molar-refractivity contribution in [3.8, 4) is 0 Å². The molecule has 2 N–H and O–H groups in total. The molecule has 0 atom stereocenters. The Bertz CT molecular complexity index is 638. The molecule has 0 radical (unpaired) electrons. The molecule has 0 amide bonds. The van der Waals surface area contributed by atoms with Gasteiger partial charge in [-0.25, -0.2) is 4.79 Å². The van der Waals surface area contributed by atoms with Crippen LogP contribution >= 0.6 is 15.9 Å². The van der Waals surface area contributed by atoms with Gasteiger partial charge in [-0.05, 0) is 56.9 Å². The molecule has 0 bridgehead atoms. The van der Waals surface area contributed by atoms with Gasteiger partial charge in [0.1, 0.15) is 0 Å². The lowest BCUT2D eigenvalue weighted by Crippen LogP contribution is -2.41. The minimum atomic E-state index is -1.01. The molecule has 2 rings (SSSR count). The zero-order valence-corrected chi connectivity index (χ0v) is 15.2. The third kappa shape index (κ3) is 3.85. The van der Waals surface area contributed by atoms with E-state index in [0.717, 1.165) is 0 Å². The first kappa shape index (κ1) is 18.2. The Labute approximate surface area is 144 Å². The lowest BCUT2D eigenvalue weighted by Gasteiger charge is -2.32. The van der Waals surface area contributed by atoms with Crippen LogP contribution in [0.2, 0.25) is 0 Å². The first-order valence-electron chi connectivity index (χ1n) is 7.26. The van der Waals surface area contributed by atoms with Crippen molar-refractivity contribution in [1.29, 1.82) is 0 Å². The van der Waals surface area contributed by atoms with Gasteiger partial charge in [-0.3, -0.25) is 0 Å². The highest BCUT2D eigenvalue weighted by atomic mass is 79.9. The van der Waals surface area contributed by atoms with Gasteiger partial charge in [0.25, 0.3) is 0 Å². The fraction of sp³-hybridized carbons (Fsp3) is 0.438. The number of carbonyl (C=O) groups is 1. The molecular weight excluding hydrogens is 363 g/mol. The molecule has 0 aliphatic carbocycles. The van der Waals surface area contributed by atoms with E-state index in [1.807, 2.05) is 27.7 Å². The topological polar surface area (TPSA) is 76.0 Å². The first-order chi connectivity index (χ1) is 10.6. The fourth-order valence-electron chi connectivity index (χ4n) is 2.22. The molecule has 1 fully saturated rings. The van der Waals surface area contributed by atoms with E-state index in [4.69, 9.17) is 14.4 Å². The lowest BCUT2D eigenvalue weighted by atomic mass is 9.77. The number of carboxylic acids is 1. The summed E-state index contributed by atoms with van der Waals surface area (Å²) in [4.78, 5) is 11.1. The predicted octanol–water partition coefficient (Wildman–Crippen LogP) is 3.15. The number of hydrogen-bond acceptors (Lipinski definition) is 4. The summed E-state index contributed by atoms with van der Waals surface area (Å²) in [5.74, 6) is -1.01. The number of halogens is 1. The maximum absolute atomic E-state index is 11.1. The number of aliphatic hydroxyl groups is 1. The first-order valence-corrected chi connectivity index (χ1v) is 8.06. The smallest absolute Gasteiger partial charge is 0.478 e. The quantitative estimate of drug-likeness (QED) is 0.782. The van der Waals surface area contributed by atoms with Crippen molar-refractivity contribution >= 4 is 35.1 Å². The van der Waals surface area contributed by atoms with E-state index in [2.05, 4.69) is 15.9 Å². The number of carboxylic acid groups (broad SMARTS) is 1. The summed E-state index contributed by atoms with van der Waals surface area (Å²) in [7, 11) is -0.669. The number of aromatic carboxylic acids is 1. The molecule has 1 aliphatic rings. The van der Waals surface area contributed by atoms with Crippen molar-refractivity contribution in [2.75, 3.05) is 6.61 Å². The van der Waals surface area contributed by atoms with Gasteiger partial charge in [-0.2, -0.15) is 0 Å². The molecule has 23 heavy (non-hydrogen) atoms. The number of aliphatic hydroxyl groups excluding tert-OH is 1. The lowest BCUT2D eigenvalue weighted by molar-refractivity contribution is 0.00578. The Morgan fingerprint density at radius 1 is 1.22 bits per heavy atom. The van der Waals surface area contributed by atoms with E-state index >= 15 is 0 Å². The molecule has 124 valence electrons. The van der Waals surface area contributed by atoms with Crippen LogP contribution in [-0.4, -0.2) is 41.1 Å². The van der Waals surface area contributed by atoms with Gasteiger partial charge in [0, 0.05) is 4.47 Å². The van der Waals surface area contributed by atoms with Crippen molar-refractivity contribution in [2.24, 2.45) is 0 Å². The van der Waals surface area contributed by atoms with E-state index < -0.39 is 24.3 Å². The number of hydrogen-bond donors (Lipinski definition) is 2. The summed E-state index contributed by atoms with van der Waals surface area (Å²) in [5, 5.41) is 18.8. The summed E-state index contributed by atoms with van der Waals surface area (Å²) in [6.07, 6.45) is 1.69. The highest BCUT2D eigenvalue weighted by Crippen LogP contribution is 2.38. The number of benzene rings is 1. The normalized spacial score (nSPS) is 19.9. The van der Waals surface area contributed by atoms with E-state index in [1.165, 1.54) is 12.1 Å². The van der Waals surface area contributed by atoms with Crippen LogP contribution in [0, 0.1) is 0 Å². The minimum Gasteiger partial charge on any atom is -0.478 e. The van der Waals surface area contributed by atoms with Crippen molar-refractivity contribution in [2.45, 2.75) is 38.9 Å². The van der Waals surface area contributed by atoms with Crippen LogP contribution in [-0.2, 0) is 9.31 Å².